The molecule has 1 aliphatic heterocycles. The van der Waals surface area contributed by atoms with E-state index in [-0.39, 0.29) is 22.9 Å². The number of hydrogen-bond acceptors (Lipinski definition) is 6. The van der Waals surface area contributed by atoms with E-state index in [1.165, 1.54) is 11.1 Å². The SMILES string of the molecule is CC1CC(C)N=Cc2cc(C(C)(C)C)cc(c2O)CN(C)CCN(C)Cc2cc(C(C)(C)C)cc(c2O)C=N1. The summed E-state index contributed by atoms with van der Waals surface area (Å²) in [5, 5.41) is 22.4. The van der Waals surface area contributed by atoms with Gasteiger partial charge in [0.15, 0.2) is 0 Å². The van der Waals surface area contributed by atoms with Gasteiger partial charge in [-0.1, -0.05) is 53.7 Å². The first-order valence-corrected chi connectivity index (χ1v) is 14.2. The van der Waals surface area contributed by atoms with Crippen molar-refractivity contribution in [2.45, 2.75) is 97.8 Å². The molecule has 0 saturated carbocycles. The Morgan fingerprint density at radius 3 is 1.36 bits per heavy atom. The molecule has 2 aromatic carbocycles. The van der Waals surface area contributed by atoms with Crippen molar-refractivity contribution in [3.8, 4) is 11.5 Å². The Hall–Kier alpha value is -2.70. The van der Waals surface area contributed by atoms with E-state index in [2.05, 4.69) is 104 Å². The summed E-state index contributed by atoms with van der Waals surface area (Å²) in [5.74, 6) is 0.609. The Morgan fingerprint density at radius 1 is 0.667 bits per heavy atom. The molecule has 0 aliphatic carbocycles. The molecule has 0 amide bonds. The first-order chi connectivity index (χ1) is 18.0. The molecule has 2 atom stereocenters. The number of likely N-dealkylation sites (N-methyl/N-ethyl adjacent to an activating group) is 2. The van der Waals surface area contributed by atoms with Gasteiger partial charge >= 0.3 is 0 Å². The van der Waals surface area contributed by atoms with Crippen molar-refractivity contribution in [2.24, 2.45) is 9.98 Å². The summed E-state index contributed by atoms with van der Waals surface area (Å²) in [6.07, 6.45) is 4.40. The Labute approximate surface area is 236 Å². The topological polar surface area (TPSA) is 71.7 Å². The van der Waals surface area contributed by atoms with Crippen molar-refractivity contribution in [2.75, 3.05) is 27.2 Å². The zero-order valence-corrected chi connectivity index (χ0v) is 25.8. The Morgan fingerprint density at radius 2 is 1.03 bits per heavy atom. The van der Waals surface area contributed by atoms with Gasteiger partial charge in [0.25, 0.3) is 0 Å². The molecular weight excluding hydrogens is 484 g/mol. The Balaban J connectivity index is 2.03. The number of hydrogen-bond donors (Lipinski definition) is 2. The highest BCUT2D eigenvalue weighted by Crippen LogP contribution is 2.33. The third kappa shape index (κ3) is 8.39. The lowest BCUT2D eigenvalue weighted by Crippen LogP contribution is -2.30. The highest BCUT2D eigenvalue weighted by molar-refractivity contribution is 5.85. The normalized spacial score (nSPS) is 20.9. The van der Waals surface area contributed by atoms with Crippen LogP contribution < -0.4 is 0 Å². The summed E-state index contributed by atoms with van der Waals surface area (Å²) in [4.78, 5) is 14.1. The number of aromatic hydroxyl groups is 2. The minimum Gasteiger partial charge on any atom is -0.507 e. The molecule has 3 rings (SSSR count). The molecule has 214 valence electrons. The van der Waals surface area contributed by atoms with Gasteiger partial charge in [-0.25, -0.2) is 0 Å². The van der Waals surface area contributed by atoms with E-state index in [0.29, 0.717) is 24.6 Å². The summed E-state index contributed by atoms with van der Waals surface area (Å²) in [6, 6.07) is 8.45. The van der Waals surface area contributed by atoms with Gasteiger partial charge in [0.2, 0.25) is 0 Å². The molecule has 0 saturated heterocycles. The van der Waals surface area contributed by atoms with Crippen molar-refractivity contribution in [3.63, 3.8) is 0 Å². The van der Waals surface area contributed by atoms with Crippen LogP contribution in [-0.4, -0.2) is 71.7 Å². The zero-order chi connectivity index (χ0) is 29.1. The average Bonchev–Trinajstić information content (AvgIpc) is 2.81. The first kappa shape index (κ1) is 30.8. The van der Waals surface area contributed by atoms with Gasteiger partial charge in [0.1, 0.15) is 11.5 Å². The van der Waals surface area contributed by atoms with E-state index >= 15 is 0 Å². The average molecular weight is 535 g/mol. The van der Waals surface area contributed by atoms with E-state index in [0.717, 1.165) is 41.8 Å². The van der Waals surface area contributed by atoms with Crippen LogP contribution in [0.15, 0.2) is 34.3 Å². The van der Waals surface area contributed by atoms with Crippen molar-refractivity contribution in [1.29, 1.82) is 0 Å². The third-order valence-corrected chi connectivity index (χ3v) is 7.53. The number of aliphatic imine (C=N–C) groups is 2. The molecule has 2 aromatic rings. The van der Waals surface area contributed by atoms with E-state index in [9.17, 15) is 10.2 Å². The van der Waals surface area contributed by atoms with Gasteiger partial charge in [0.05, 0.1) is 0 Å². The Bertz CT molecular complexity index is 1110. The Kier molecular flexibility index (Phi) is 9.66. The quantitative estimate of drug-likeness (QED) is 0.418. The fourth-order valence-corrected chi connectivity index (χ4v) is 4.85. The number of phenols is 2. The molecule has 4 bridgehead atoms. The van der Waals surface area contributed by atoms with Crippen LogP contribution in [0, 0.1) is 0 Å². The van der Waals surface area contributed by atoms with Crippen molar-refractivity contribution < 1.29 is 10.2 Å². The summed E-state index contributed by atoms with van der Waals surface area (Å²) >= 11 is 0. The molecule has 0 radical (unpaired) electrons. The smallest absolute Gasteiger partial charge is 0.128 e. The van der Waals surface area contributed by atoms with Gasteiger partial charge in [-0.3, -0.25) is 9.98 Å². The van der Waals surface area contributed by atoms with Gasteiger partial charge in [-0.2, -0.15) is 0 Å². The van der Waals surface area contributed by atoms with Crippen LogP contribution in [-0.2, 0) is 23.9 Å². The summed E-state index contributed by atoms with van der Waals surface area (Å²) < 4.78 is 0. The van der Waals surface area contributed by atoms with Crippen molar-refractivity contribution in [1.82, 2.24) is 9.80 Å². The third-order valence-electron chi connectivity index (χ3n) is 7.53. The highest BCUT2D eigenvalue weighted by Gasteiger charge is 2.21. The number of nitrogens with zero attached hydrogens (tertiary/aromatic N) is 4. The van der Waals surface area contributed by atoms with E-state index in [1.54, 1.807) is 0 Å². The number of fused-ring (bicyclic) bond motifs is 4. The lowest BCUT2D eigenvalue weighted by atomic mass is 9.84. The molecule has 39 heavy (non-hydrogen) atoms. The summed E-state index contributed by atoms with van der Waals surface area (Å²) in [6.45, 7) is 20.3. The lowest BCUT2D eigenvalue weighted by Gasteiger charge is -2.26. The van der Waals surface area contributed by atoms with Gasteiger partial charge in [-0.15, -0.1) is 0 Å². The van der Waals surface area contributed by atoms with Gasteiger partial charge < -0.3 is 20.0 Å². The van der Waals surface area contributed by atoms with E-state index < -0.39 is 0 Å². The van der Waals surface area contributed by atoms with Crippen LogP contribution in [0.5, 0.6) is 11.5 Å². The molecule has 1 heterocycles. The molecule has 2 unspecified atom stereocenters. The van der Waals surface area contributed by atoms with Crippen LogP contribution in [0.4, 0.5) is 0 Å². The minimum atomic E-state index is -0.0460. The first-order valence-electron chi connectivity index (χ1n) is 14.2. The van der Waals surface area contributed by atoms with Crippen LogP contribution in [0.25, 0.3) is 0 Å². The van der Waals surface area contributed by atoms with Crippen LogP contribution in [0.2, 0.25) is 0 Å². The van der Waals surface area contributed by atoms with Crippen molar-refractivity contribution >= 4 is 12.4 Å². The molecule has 0 spiro atoms. The fraction of sp³-hybridized carbons (Fsp3) is 0.576. The second-order valence-corrected chi connectivity index (χ2v) is 13.6. The standard InChI is InChI=1S/C33H50N4O2/c1-22-13-23(2)35-19-25-15-29(33(6,7)8)17-27(31(25)39)21-37(10)12-11-36(9)20-26-16-28(32(3,4)5)14-24(18-34-22)30(26)38/h14-19,22-23,38-39H,11-13,20-21H2,1-10H3. The van der Waals surface area contributed by atoms with Crippen LogP contribution >= 0.6 is 0 Å². The number of phenolic OH excluding ortho intramolecular Hbond substituents is 2. The maximum Gasteiger partial charge on any atom is 0.128 e. The second-order valence-electron chi connectivity index (χ2n) is 13.6. The predicted molar refractivity (Wildman–Crippen MR) is 165 cm³/mol. The monoisotopic (exact) mass is 534 g/mol. The zero-order valence-electron chi connectivity index (χ0n) is 25.8. The molecule has 0 fully saturated rings. The number of benzene rings is 2. The largest absolute Gasteiger partial charge is 0.507 e. The molecule has 6 nitrogen and oxygen atoms in total. The lowest BCUT2D eigenvalue weighted by molar-refractivity contribution is 0.243. The van der Waals surface area contributed by atoms with Gasteiger partial charge in [-0.05, 0) is 68.5 Å². The summed E-state index contributed by atoms with van der Waals surface area (Å²) in [5.41, 5.74) is 5.63. The summed E-state index contributed by atoms with van der Waals surface area (Å²) in [7, 11) is 4.17. The van der Waals surface area contributed by atoms with Gasteiger partial charge in [0, 0.05) is 72.9 Å². The minimum absolute atomic E-state index is 0.0294. The second kappa shape index (κ2) is 12.2. The number of rotatable bonds is 0. The molecule has 6 heteroatoms. The fourth-order valence-electron chi connectivity index (χ4n) is 4.85. The van der Waals surface area contributed by atoms with E-state index in [1.807, 2.05) is 12.4 Å². The maximum atomic E-state index is 11.2. The molecule has 1 aliphatic rings. The molecule has 2 N–H and O–H groups in total. The van der Waals surface area contributed by atoms with Crippen LogP contribution in [0.3, 0.4) is 0 Å². The predicted octanol–water partition coefficient (Wildman–Crippen LogP) is 6.28. The maximum absolute atomic E-state index is 11.2. The van der Waals surface area contributed by atoms with Crippen molar-refractivity contribution in [3.05, 3.63) is 57.6 Å². The van der Waals surface area contributed by atoms with Crippen LogP contribution in [0.1, 0.15) is 95.2 Å². The molecule has 0 aromatic heterocycles. The highest BCUT2D eigenvalue weighted by atomic mass is 16.3. The van der Waals surface area contributed by atoms with E-state index in [4.69, 9.17) is 9.98 Å². The molecular formula is C33H50N4O2.